The highest BCUT2D eigenvalue weighted by Crippen LogP contribution is 2.53. The van der Waals surface area contributed by atoms with Crippen molar-refractivity contribution < 1.29 is 32.2 Å². The molecule has 1 unspecified atom stereocenters. The number of hydrogen-bond donors (Lipinski definition) is 1. The molecular formula is C27H32F4N4O3. The molecule has 3 aliphatic rings. The smallest absolute Gasteiger partial charge is 0.395 e. The highest BCUT2D eigenvalue weighted by atomic mass is 19.4. The number of aromatic nitrogens is 2. The van der Waals surface area contributed by atoms with E-state index in [-0.39, 0.29) is 37.4 Å². The molecule has 1 atom stereocenters. The Balaban J connectivity index is 1.11. The van der Waals surface area contributed by atoms with Crippen LogP contribution in [0.3, 0.4) is 0 Å². The first-order valence-electron chi connectivity index (χ1n) is 13.1. The summed E-state index contributed by atoms with van der Waals surface area (Å²) in [6, 6.07) is 4.26. The van der Waals surface area contributed by atoms with Crippen molar-refractivity contribution in [3.05, 3.63) is 42.0 Å². The molecule has 0 bridgehead atoms. The molecule has 2 saturated heterocycles. The molecular weight excluding hydrogens is 504 g/mol. The minimum absolute atomic E-state index is 0.0527. The van der Waals surface area contributed by atoms with Crippen LogP contribution in [-0.4, -0.2) is 82.4 Å². The normalized spacial score (nSPS) is 22.3. The number of hydrogen-bond acceptors (Lipinski definition) is 6. The average Bonchev–Trinajstić information content (AvgIpc) is 3.31. The van der Waals surface area contributed by atoms with E-state index in [0.717, 1.165) is 12.8 Å². The summed E-state index contributed by atoms with van der Waals surface area (Å²) in [7, 11) is 0. The maximum atomic E-state index is 14.7. The van der Waals surface area contributed by atoms with Gasteiger partial charge in [0.2, 0.25) is 5.88 Å². The molecule has 3 fully saturated rings. The summed E-state index contributed by atoms with van der Waals surface area (Å²) in [6.45, 7) is 2.34. The van der Waals surface area contributed by atoms with Crippen LogP contribution < -0.4 is 4.74 Å². The van der Waals surface area contributed by atoms with E-state index in [2.05, 4.69) is 9.97 Å². The first-order valence-corrected chi connectivity index (χ1v) is 13.1. The third-order valence-corrected chi connectivity index (χ3v) is 8.19. The van der Waals surface area contributed by atoms with Gasteiger partial charge < -0.3 is 19.6 Å². The van der Waals surface area contributed by atoms with E-state index < -0.39 is 29.4 Å². The van der Waals surface area contributed by atoms with Crippen molar-refractivity contribution in [1.82, 2.24) is 19.8 Å². The molecule has 2 aromatic rings. The van der Waals surface area contributed by atoms with Crippen molar-refractivity contribution in [2.75, 3.05) is 39.3 Å². The third kappa shape index (κ3) is 5.63. The average molecular weight is 537 g/mol. The monoisotopic (exact) mass is 536 g/mol. The highest BCUT2D eigenvalue weighted by molar-refractivity contribution is 5.95. The standard InChI is InChI=1S/C27H32F4N4O3/c28-22-12-19(2-3-21(22)25(37)35-11-6-20(36)15-35)23-13-33-24(14-32-23)38-16-18-4-9-34(10-5-18)17-26(7-1-8-26)27(29,30)31/h2-3,12-14,18,20,36H,1,4-11,15-17H2. The van der Waals surface area contributed by atoms with Gasteiger partial charge in [0.05, 0.1) is 41.8 Å². The number of piperidine rings is 1. The van der Waals surface area contributed by atoms with E-state index in [9.17, 15) is 27.5 Å². The molecule has 0 radical (unpaired) electrons. The number of likely N-dealkylation sites (tertiary alicyclic amines) is 2. The molecule has 1 aromatic carbocycles. The van der Waals surface area contributed by atoms with Crippen molar-refractivity contribution in [2.24, 2.45) is 11.3 Å². The molecule has 1 saturated carbocycles. The number of rotatable bonds is 7. The number of aliphatic hydroxyl groups excluding tert-OH is 1. The van der Waals surface area contributed by atoms with Gasteiger partial charge in [0.25, 0.3) is 5.91 Å². The number of β-amino-alcohol motifs (C(OH)–C–C–N with tert-alkyl or cyclic N) is 1. The molecule has 7 nitrogen and oxygen atoms in total. The van der Waals surface area contributed by atoms with Crippen LogP contribution in [0.1, 0.15) is 48.9 Å². The molecule has 1 aromatic heterocycles. The largest absolute Gasteiger partial charge is 0.476 e. The van der Waals surface area contributed by atoms with Crippen molar-refractivity contribution in [3.8, 4) is 17.1 Å². The van der Waals surface area contributed by atoms with Crippen LogP contribution in [0.25, 0.3) is 11.3 Å². The lowest BCUT2D eigenvalue weighted by molar-refractivity contribution is -0.256. The maximum Gasteiger partial charge on any atom is 0.395 e. The number of aliphatic hydroxyl groups is 1. The molecule has 0 spiro atoms. The molecule has 1 amide bonds. The Labute approximate surface area is 218 Å². The molecule has 3 heterocycles. The minimum atomic E-state index is -4.14. The first kappa shape index (κ1) is 26.8. The molecule has 206 valence electrons. The molecule has 1 aliphatic carbocycles. The van der Waals surface area contributed by atoms with Crippen LogP contribution >= 0.6 is 0 Å². The number of carbonyl (C=O) groups excluding carboxylic acids is 1. The van der Waals surface area contributed by atoms with Gasteiger partial charge in [-0.2, -0.15) is 13.2 Å². The van der Waals surface area contributed by atoms with Crippen molar-refractivity contribution >= 4 is 5.91 Å². The van der Waals surface area contributed by atoms with E-state index in [1.807, 2.05) is 4.90 Å². The topological polar surface area (TPSA) is 78.8 Å². The number of alkyl halides is 3. The van der Waals surface area contributed by atoms with Gasteiger partial charge in [0.1, 0.15) is 5.82 Å². The Morgan fingerprint density at radius 1 is 1.11 bits per heavy atom. The van der Waals surface area contributed by atoms with E-state index >= 15 is 0 Å². The van der Waals surface area contributed by atoms with Crippen molar-refractivity contribution in [2.45, 2.75) is 50.8 Å². The summed E-state index contributed by atoms with van der Waals surface area (Å²) in [6.07, 6.45) is 1.33. The second-order valence-corrected chi connectivity index (χ2v) is 10.8. The molecule has 1 N–H and O–H groups in total. The van der Waals surface area contributed by atoms with E-state index in [4.69, 9.17) is 4.74 Å². The van der Waals surface area contributed by atoms with E-state index in [1.165, 1.54) is 29.4 Å². The van der Waals surface area contributed by atoms with Gasteiger partial charge >= 0.3 is 6.18 Å². The minimum Gasteiger partial charge on any atom is -0.476 e. The van der Waals surface area contributed by atoms with Gasteiger partial charge in [0, 0.05) is 25.2 Å². The zero-order valence-electron chi connectivity index (χ0n) is 21.1. The second-order valence-electron chi connectivity index (χ2n) is 10.8. The summed E-state index contributed by atoms with van der Waals surface area (Å²) < 4.78 is 60.9. The number of halogens is 4. The Morgan fingerprint density at radius 3 is 2.42 bits per heavy atom. The summed E-state index contributed by atoms with van der Waals surface area (Å²) in [4.78, 5) is 24.5. The summed E-state index contributed by atoms with van der Waals surface area (Å²) in [5.41, 5.74) is -0.683. The fourth-order valence-corrected chi connectivity index (χ4v) is 5.56. The fraction of sp³-hybridized carbons (Fsp3) is 0.593. The zero-order chi connectivity index (χ0) is 26.9. The second kappa shape index (κ2) is 10.8. The van der Waals surface area contributed by atoms with Crippen LogP contribution in [-0.2, 0) is 0 Å². The summed E-state index contributed by atoms with van der Waals surface area (Å²) in [5, 5.41) is 9.63. The van der Waals surface area contributed by atoms with Crippen LogP contribution in [0, 0.1) is 17.2 Å². The maximum absolute atomic E-state index is 14.7. The molecule has 2 aliphatic heterocycles. The quantitative estimate of drug-likeness (QED) is 0.532. The molecule has 38 heavy (non-hydrogen) atoms. The van der Waals surface area contributed by atoms with Crippen molar-refractivity contribution in [3.63, 3.8) is 0 Å². The van der Waals surface area contributed by atoms with E-state index in [1.54, 1.807) is 6.07 Å². The van der Waals surface area contributed by atoms with Gasteiger partial charge in [0.15, 0.2) is 0 Å². The fourth-order valence-electron chi connectivity index (χ4n) is 5.56. The predicted octanol–water partition coefficient (Wildman–Crippen LogP) is 4.31. The van der Waals surface area contributed by atoms with E-state index in [0.29, 0.717) is 56.2 Å². The van der Waals surface area contributed by atoms with Gasteiger partial charge in [-0.15, -0.1) is 0 Å². The van der Waals surface area contributed by atoms with Gasteiger partial charge in [-0.25, -0.2) is 14.4 Å². The number of benzene rings is 1. The number of ether oxygens (including phenoxy) is 1. The lowest BCUT2D eigenvalue weighted by Gasteiger charge is -2.47. The molecule has 5 rings (SSSR count). The zero-order valence-corrected chi connectivity index (χ0v) is 21.1. The van der Waals surface area contributed by atoms with Crippen molar-refractivity contribution in [1.29, 1.82) is 0 Å². The Bertz CT molecular complexity index is 1130. The Morgan fingerprint density at radius 2 is 1.87 bits per heavy atom. The summed E-state index contributed by atoms with van der Waals surface area (Å²) >= 11 is 0. The SMILES string of the molecule is O=C(c1ccc(-c2cnc(OCC3CCN(CC4(C(F)(F)F)CCC4)CC3)cn2)cc1F)N1CCC(O)C1. The lowest BCUT2D eigenvalue weighted by Crippen LogP contribution is -2.53. The van der Waals surface area contributed by atoms with Gasteiger partial charge in [-0.1, -0.05) is 12.5 Å². The molecule has 11 heteroatoms. The first-order chi connectivity index (χ1) is 18.1. The van der Waals surface area contributed by atoms with Crippen LogP contribution in [0.15, 0.2) is 30.6 Å². The van der Waals surface area contributed by atoms with Gasteiger partial charge in [-0.05, 0) is 63.2 Å². The van der Waals surface area contributed by atoms with Crippen LogP contribution in [0.2, 0.25) is 0 Å². The van der Waals surface area contributed by atoms with Gasteiger partial charge in [-0.3, -0.25) is 4.79 Å². The Kier molecular flexibility index (Phi) is 7.59. The highest BCUT2D eigenvalue weighted by Gasteiger charge is 2.58. The predicted molar refractivity (Wildman–Crippen MR) is 131 cm³/mol. The van der Waals surface area contributed by atoms with Crippen LogP contribution in [0.4, 0.5) is 17.6 Å². The Hall–Kier alpha value is -2.79. The third-order valence-electron chi connectivity index (χ3n) is 8.19. The number of amides is 1. The van der Waals surface area contributed by atoms with Crippen LogP contribution in [0.5, 0.6) is 5.88 Å². The lowest BCUT2D eigenvalue weighted by atomic mass is 9.67. The summed E-state index contributed by atoms with van der Waals surface area (Å²) in [5.74, 6) is -0.566. The number of carbonyl (C=O) groups is 1. The number of nitrogens with zero attached hydrogens (tertiary/aromatic N) is 4.